The minimum absolute atomic E-state index is 0.181. The van der Waals surface area contributed by atoms with Crippen LogP contribution in [0.4, 0.5) is 0 Å². The molecule has 1 nitrogen and oxygen atoms in total. The summed E-state index contributed by atoms with van der Waals surface area (Å²) >= 11 is 0. The van der Waals surface area contributed by atoms with E-state index in [1.54, 1.807) is 0 Å². The van der Waals surface area contributed by atoms with E-state index in [2.05, 4.69) is 71.1 Å². The van der Waals surface area contributed by atoms with Gasteiger partial charge >= 0.3 is 0 Å². The lowest BCUT2D eigenvalue weighted by Gasteiger charge is -2.33. The van der Waals surface area contributed by atoms with Crippen molar-refractivity contribution in [2.24, 2.45) is 5.41 Å². The molecule has 0 aliphatic rings. The Morgan fingerprint density at radius 1 is 1.00 bits per heavy atom. The van der Waals surface area contributed by atoms with Gasteiger partial charge in [0.05, 0.1) is 0 Å². The maximum absolute atomic E-state index is 3.67. The van der Waals surface area contributed by atoms with Gasteiger partial charge in [-0.05, 0) is 43.7 Å². The van der Waals surface area contributed by atoms with Crippen LogP contribution < -0.4 is 5.32 Å². The Labute approximate surface area is 107 Å². The van der Waals surface area contributed by atoms with E-state index in [9.17, 15) is 0 Å². The standard InChI is InChI=1S/C16H27N/c1-13-9-7-8-10-14(13)11-17-16(5,6)12-15(2,3)4/h7-10,17H,11-12H2,1-6H3. The molecule has 1 N–H and O–H groups in total. The van der Waals surface area contributed by atoms with Gasteiger partial charge in [-0.15, -0.1) is 0 Å². The van der Waals surface area contributed by atoms with Crippen LogP contribution in [0.25, 0.3) is 0 Å². The van der Waals surface area contributed by atoms with Gasteiger partial charge in [-0.25, -0.2) is 0 Å². The third-order valence-electron chi connectivity index (χ3n) is 2.99. The van der Waals surface area contributed by atoms with Crippen LogP contribution in [-0.2, 0) is 6.54 Å². The highest BCUT2D eigenvalue weighted by Gasteiger charge is 2.24. The smallest absolute Gasteiger partial charge is 0.0213 e. The van der Waals surface area contributed by atoms with Crippen LogP contribution in [0, 0.1) is 12.3 Å². The Morgan fingerprint density at radius 3 is 2.12 bits per heavy atom. The molecule has 0 aromatic heterocycles. The average Bonchev–Trinajstić information content (AvgIpc) is 2.13. The molecule has 96 valence electrons. The Morgan fingerprint density at radius 2 is 1.59 bits per heavy atom. The van der Waals surface area contributed by atoms with Gasteiger partial charge in [0, 0.05) is 12.1 Å². The van der Waals surface area contributed by atoms with Crippen molar-refractivity contribution in [2.75, 3.05) is 0 Å². The molecular formula is C16H27N. The monoisotopic (exact) mass is 233 g/mol. The summed E-state index contributed by atoms with van der Waals surface area (Å²) < 4.78 is 0. The molecule has 0 heterocycles. The molecule has 1 aromatic rings. The molecule has 0 unspecified atom stereocenters. The van der Waals surface area contributed by atoms with Gasteiger partial charge in [0.2, 0.25) is 0 Å². The fraction of sp³-hybridized carbons (Fsp3) is 0.625. The van der Waals surface area contributed by atoms with E-state index in [1.807, 2.05) is 0 Å². The summed E-state index contributed by atoms with van der Waals surface area (Å²) in [5.74, 6) is 0. The zero-order valence-electron chi connectivity index (χ0n) is 12.2. The minimum Gasteiger partial charge on any atom is -0.308 e. The number of rotatable bonds is 4. The normalized spacial score (nSPS) is 12.8. The first kappa shape index (κ1) is 14.2. The first-order valence-corrected chi connectivity index (χ1v) is 6.49. The highest BCUT2D eigenvalue weighted by atomic mass is 15.0. The molecule has 0 amide bonds. The molecule has 1 heteroatoms. The Balaban J connectivity index is 2.59. The SMILES string of the molecule is Cc1ccccc1CNC(C)(C)CC(C)(C)C. The zero-order valence-corrected chi connectivity index (χ0v) is 12.2. The summed E-state index contributed by atoms with van der Waals surface area (Å²) in [5.41, 5.74) is 3.31. The Bertz CT molecular complexity index is 358. The van der Waals surface area contributed by atoms with Crippen molar-refractivity contribution in [3.05, 3.63) is 35.4 Å². The predicted octanol–water partition coefficient (Wildman–Crippen LogP) is 4.30. The highest BCUT2D eigenvalue weighted by molar-refractivity contribution is 5.25. The molecular weight excluding hydrogens is 206 g/mol. The van der Waals surface area contributed by atoms with Crippen LogP contribution in [-0.4, -0.2) is 5.54 Å². The molecule has 0 aliphatic carbocycles. The predicted molar refractivity (Wildman–Crippen MR) is 76.2 cm³/mol. The van der Waals surface area contributed by atoms with E-state index in [0.29, 0.717) is 5.41 Å². The van der Waals surface area contributed by atoms with Crippen molar-refractivity contribution in [3.8, 4) is 0 Å². The first-order chi connectivity index (χ1) is 7.70. The minimum atomic E-state index is 0.181. The van der Waals surface area contributed by atoms with Gasteiger partial charge in [-0.2, -0.15) is 0 Å². The van der Waals surface area contributed by atoms with Crippen molar-refractivity contribution < 1.29 is 0 Å². The number of aryl methyl sites for hydroxylation is 1. The number of hydrogen-bond acceptors (Lipinski definition) is 1. The largest absolute Gasteiger partial charge is 0.308 e. The van der Waals surface area contributed by atoms with Crippen molar-refractivity contribution in [1.82, 2.24) is 5.32 Å². The highest BCUT2D eigenvalue weighted by Crippen LogP contribution is 2.27. The van der Waals surface area contributed by atoms with E-state index in [4.69, 9.17) is 0 Å². The maximum Gasteiger partial charge on any atom is 0.0213 e. The topological polar surface area (TPSA) is 12.0 Å². The van der Waals surface area contributed by atoms with E-state index < -0.39 is 0 Å². The molecule has 0 radical (unpaired) electrons. The van der Waals surface area contributed by atoms with Gasteiger partial charge in [0.1, 0.15) is 0 Å². The quantitative estimate of drug-likeness (QED) is 0.817. The summed E-state index contributed by atoms with van der Waals surface area (Å²) in [6.07, 6.45) is 1.17. The van der Waals surface area contributed by atoms with Gasteiger partial charge in [0.25, 0.3) is 0 Å². The van der Waals surface area contributed by atoms with Gasteiger partial charge in [-0.1, -0.05) is 45.0 Å². The van der Waals surface area contributed by atoms with E-state index in [0.717, 1.165) is 6.54 Å². The first-order valence-electron chi connectivity index (χ1n) is 6.49. The molecule has 0 saturated carbocycles. The van der Waals surface area contributed by atoms with E-state index >= 15 is 0 Å². The zero-order chi connectivity index (χ0) is 13.1. The van der Waals surface area contributed by atoms with Crippen molar-refractivity contribution in [2.45, 2.75) is 60.0 Å². The Kier molecular flexibility index (Phi) is 4.37. The lowest BCUT2D eigenvalue weighted by molar-refractivity contribution is 0.240. The molecule has 0 atom stereocenters. The van der Waals surface area contributed by atoms with E-state index in [1.165, 1.54) is 17.5 Å². The van der Waals surface area contributed by atoms with Crippen LogP contribution in [0.2, 0.25) is 0 Å². The summed E-state index contributed by atoms with van der Waals surface area (Å²) in [4.78, 5) is 0. The second-order valence-corrected chi connectivity index (χ2v) is 6.90. The maximum atomic E-state index is 3.67. The van der Waals surface area contributed by atoms with Crippen molar-refractivity contribution in [3.63, 3.8) is 0 Å². The second-order valence-electron chi connectivity index (χ2n) is 6.90. The molecule has 0 spiro atoms. The lowest BCUT2D eigenvalue weighted by Crippen LogP contribution is -2.41. The molecule has 0 bridgehead atoms. The van der Waals surface area contributed by atoms with Gasteiger partial charge < -0.3 is 5.32 Å². The Hall–Kier alpha value is -0.820. The second kappa shape index (κ2) is 5.22. The number of benzene rings is 1. The van der Waals surface area contributed by atoms with Crippen LogP contribution in [0.1, 0.15) is 52.2 Å². The fourth-order valence-corrected chi connectivity index (χ4v) is 2.53. The number of nitrogens with one attached hydrogen (secondary N) is 1. The van der Waals surface area contributed by atoms with Gasteiger partial charge in [-0.3, -0.25) is 0 Å². The van der Waals surface area contributed by atoms with Gasteiger partial charge in [0.15, 0.2) is 0 Å². The molecule has 17 heavy (non-hydrogen) atoms. The van der Waals surface area contributed by atoms with Crippen LogP contribution in [0.15, 0.2) is 24.3 Å². The summed E-state index contributed by atoms with van der Waals surface area (Å²) in [6, 6.07) is 8.59. The molecule has 0 aliphatic heterocycles. The fourth-order valence-electron chi connectivity index (χ4n) is 2.53. The van der Waals surface area contributed by atoms with Crippen molar-refractivity contribution in [1.29, 1.82) is 0 Å². The summed E-state index contributed by atoms with van der Waals surface area (Å²) in [5, 5.41) is 3.67. The molecule has 0 fully saturated rings. The molecule has 1 rings (SSSR count). The van der Waals surface area contributed by atoms with Crippen molar-refractivity contribution >= 4 is 0 Å². The number of hydrogen-bond donors (Lipinski definition) is 1. The van der Waals surface area contributed by atoms with E-state index in [-0.39, 0.29) is 5.54 Å². The van der Waals surface area contributed by atoms with Crippen LogP contribution >= 0.6 is 0 Å². The van der Waals surface area contributed by atoms with Crippen LogP contribution in [0.3, 0.4) is 0 Å². The third-order valence-corrected chi connectivity index (χ3v) is 2.99. The summed E-state index contributed by atoms with van der Waals surface area (Å²) in [6.45, 7) is 14.6. The van der Waals surface area contributed by atoms with Crippen LogP contribution in [0.5, 0.6) is 0 Å². The third kappa shape index (κ3) is 5.36. The lowest BCUT2D eigenvalue weighted by atomic mass is 9.81. The molecule has 1 aromatic carbocycles. The average molecular weight is 233 g/mol. The molecule has 0 saturated heterocycles. The summed E-state index contributed by atoms with van der Waals surface area (Å²) in [7, 11) is 0.